The number of nitrogens with one attached hydrogen (secondary N) is 1. The lowest BCUT2D eigenvalue weighted by molar-refractivity contribution is 0.149. The molecule has 3 aromatic rings. The molecule has 1 aromatic carbocycles. The first kappa shape index (κ1) is 19.2. The van der Waals surface area contributed by atoms with Gasteiger partial charge in [-0.25, -0.2) is 5.43 Å². The molecule has 3 atom stereocenters. The smallest absolute Gasteiger partial charge is 0.265 e. The van der Waals surface area contributed by atoms with Gasteiger partial charge in [-0.15, -0.1) is 10.2 Å². The summed E-state index contributed by atoms with van der Waals surface area (Å²) in [4.78, 5) is 4.66. The van der Waals surface area contributed by atoms with Crippen LogP contribution in [-0.2, 0) is 7.05 Å². The van der Waals surface area contributed by atoms with Gasteiger partial charge in [-0.3, -0.25) is 0 Å². The second-order valence-electron chi connectivity index (χ2n) is 9.71. The van der Waals surface area contributed by atoms with Crippen molar-refractivity contribution in [1.29, 1.82) is 0 Å². The fourth-order valence-corrected chi connectivity index (χ4v) is 5.42. The van der Waals surface area contributed by atoms with Crippen LogP contribution < -0.4 is 5.43 Å². The van der Waals surface area contributed by atoms with E-state index in [0.29, 0.717) is 29.1 Å². The van der Waals surface area contributed by atoms with E-state index in [1.807, 2.05) is 19.2 Å². The van der Waals surface area contributed by atoms with E-state index in [1.54, 1.807) is 5.57 Å². The van der Waals surface area contributed by atoms with Crippen LogP contribution >= 0.6 is 0 Å². The van der Waals surface area contributed by atoms with Gasteiger partial charge >= 0.3 is 0 Å². The number of hydrogen-bond acceptors (Lipinski definition) is 5. The van der Waals surface area contributed by atoms with Crippen molar-refractivity contribution in [2.75, 3.05) is 5.43 Å². The van der Waals surface area contributed by atoms with Gasteiger partial charge in [0.2, 0.25) is 0 Å². The van der Waals surface area contributed by atoms with Gasteiger partial charge in [0.1, 0.15) is 5.52 Å². The number of rotatable bonds is 3. The number of nitrogens with zero attached hydrogens (tertiary/aromatic N) is 5. The highest BCUT2D eigenvalue weighted by molar-refractivity contribution is 6.04. The number of para-hydroxylation sites is 1. The van der Waals surface area contributed by atoms with E-state index in [0.717, 1.165) is 22.1 Å². The highest BCUT2D eigenvalue weighted by Crippen LogP contribution is 2.50. The first-order chi connectivity index (χ1) is 14.4. The number of hydrogen-bond donors (Lipinski definition) is 1. The zero-order valence-electron chi connectivity index (χ0n) is 18.3. The molecule has 2 aliphatic rings. The summed E-state index contributed by atoms with van der Waals surface area (Å²) < 4.78 is 2.05. The second kappa shape index (κ2) is 7.18. The molecule has 0 amide bonds. The topological polar surface area (TPSA) is 68.0 Å². The summed E-state index contributed by atoms with van der Waals surface area (Å²) in [6, 6.07) is 8.17. The Morgan fingerprint density at radius 3 is 2.93 bits per heavy atom. The molecule has 0 saturated heterocycles. The third-order valence-corrected chi connectivity index (χ3v) is 7.32. The van der Waals surface area contributed by atoms with Crippen molar-refractivity contribution in [1.82, 2.24) is 19.7 Å². The number of fused-ring (bicyclic) bond motifs is 4. The molecule has 0 radical (unpaired) electrons. The minimum absolute atomic E-state index is 0.385. The molecule has 6 heteroatoms. The highest BCUT2D eigenvalue weighted by atomic mass is 15.4. The largest absolute Gasteiger partial charge is 0.327 e. The summed E-state index contributed by atoms with van der Waals surface area (Å²) in [6.45, 7) is 7.19. The van der Waals surface area contributed by atoms with Crippen LogP contribution in [-0.4, -0.2) is 26.0 Å². The Labute approximate surface area is 177 Å². The second-order valence-corrected chi connectivity index (χ2v) is 9.71. The molecule has 156 valence electrons. The molecule has 3 unspecified atom stereocenters. The maximum absolute atomic E-state index is 4.66. The van der Waals surface area contributed by atoms with E-state index in [4.69, 9.17) is 0 Å². The Kier molecular flexibility index (Phi) is 4.60. The third kappa shape index (κ3) is 3.18. The summed E-state index contributed by atoms with van der Waals surface area (Å²) in [5.41, 5.74) is 7.82. The monoisotopic (exact) mass is 402 g/mol. The molecule has 2 heterocycles. The van der Waals surface area contributed by atoms with E-state index >= 15 is 0 Å². The fourth-order valence-electron chi connectivity index (χ4n) is 5.42. The fraction of sp³-hybridized carbons (Fsp3) is 0.500. The molecule has 1 N–H and O–H groups in total. The lowest BCUT2D eigenvalue weighted by atomic mass is 9.59. The van der Waals surface area contributed by atoms with Gasteiger partial charge in [0.15, 0.2) is 5.65 Å². The van der Waals surface area contributed by atoms with Crippen molar-refractivity contribution in [2.24, 2.45) is 35.3 Å². The normalized spacial score (nSPS) is 26.1. The van der Waals surface area contributed by atoms with E-state index in [-0.39, 0.29) is 0 Å². The Balaban J connectivity index is 1.35. The van der Waals surface area contributed by atoms with Crippen LogP contribution in [0.25, 0.3) is 22.1 Å². The molecular weight excluding hydrogens is 372 g/mol. The van der Waals surface area contributed by atoms with Crippen molar-refractivity contribution >= 4 is 34.2 Å². The Hall–Kier alpha value is -2.76. The van der Waals surface area contributed by atoms with Crippen LogP contribution in [0.2, 0.25) is 0 Å². The van der Waals surface area contributed by atoms with E-state index in [1.165, 1.54) is 25.7 Å². The van der Waals surface area contributed by atoms with Gasteiger partial charge in [-0.2, -0.15) is 10.1 Å². The summed E-state index contributed by atoms with van der Waals surface area (Å²) in [5, 5.41) is 14.3. The van der Waals surface area contributed by atoms with Gasteiger partial charge in [-0.1, -0.05) is 50.6 Å². The molecule has 0 spiro atoms. The molecule has 5 rings (SSSR count). The Morgan fingerprint density at radius 2 is 2.07 bits per heavy atom. The van der Waals surface area contributed by atoms with Crippen molar-refractivity contribution in [2.45, 2.75) is 46.5 Å². The lowest BCUT2D eigenvalue weighted by Crippen LogP contribution is -2.36. The molecule has 2 aliphatic carbocycles. The molecular formula is C24H30N6. The van der Waals surface area contributed by atoms with E-state index < -0.39 is 0 Å². The van der Waals surface area contributed by atoms with Gasteiger partial charge in [0.05, 0.1) is 5.52 Å². The zero-order valence-corrected chi connectivity index (χ0v) is 18.3. The summed E-state index contributed by atoms with van der Waals surface area (Å²) in [7, 11) is 2.01. The maximum atomic E-state index is 4.66. The number of aromatic nitrogens is 4. The van der Waals surface area contributed by atoms with Crippen molar-refractivity contribution in [3.63, 3.8) is 0 Å². The van der Waals surface area contributed by atoms with Crippen molar-refractivity contribution in [3.05, 3.63) is 35.9 Å². The lowest BCUT2D eigenvalue weighted by Gasteiger charge is -2.46. The molecule has 1 saturated carbocycles. The Morgan fingerprint density at radius 1 is 1.23 bits per heavy atom. The minimum atomic E-state index is 0.385. The van der Waals surface area contributed by atoms with Crippen molar-refractivity contribution < 1.29 is 0 Å². The standard InChI is InChI=1S/C24H30N6/c1-15-12-16-8-7-11-24(2,3)19(16)13-17(15)14-25-28-23-26-22-21(27-29-23)18-9-5-6-10-20(18)30(22)4/h5-6,8-10,14-15,17,19H,7,11-13H2,1-4H3,(H,26,28,29). The first-order valence-electron chi connectivity index (χ1n) is 11.0. The van der Waals surface area contributed by atoms with Gasteiger partial charge in [-0.05, 0) is 54.9 Å². The molecule has 2 aromatic heterocycles. The third-order valence-electron chi connectivity index (χ3n) is 7.32. The predicted molar refractivity (Wildman–Crippen MR) is 122 cm³/mol. The maximum Gasteiger partial charge on any atom is 0.265 e. The van der Waals surface area contributed by atoms with E-state index in [2.05, 4.69) is 75.5 Å². The molecule has 6 nitrogen and oxygen atoms in total. The van der Waals surface area contributed by atoms with Crippen LogP contribution in [0.4, 0.5) is 5.95 Å². The molecule has 0 aliphatic heterocycles. The predicted octanol–water partition coefficient (Wildman–Crippen LogP) is 5.32. The van der Waals surface area contributed by atoms with Crippen molar-refractivity contribution in [3.8, 4) is 0 Å². The number of benzene rings is 1. The van der Waals surface area contributed by atoms with Crippen LogP contribution in [0.3, 0.4) is 0 Å². The molecule has 0 bridgehead atoms. The number of aryl methyl sites for hydroxylation is 1. The summed E-state index contributed by atoms with van der Waals surface area (Å²) >= 11 is 0. The zero-order chi connectivity index (χ0) is 20.9. The average molecular weight is 403 g/mol. The van der Waals surface area contributed by atoms with Crippen LogP contribution in [0.15, 0.2) is 41.0 Å². The summed E-state index contributed by atoms with van der Waals surface area (Å²) in [5.74, 6) is 2.17. The number of hydrazone groups is 1. The molecule has 1 fully saturated rings. The first-order valence-corrected chi connectivity index (χ1v) is 11.0. The SMILES string of the molecule is CC1CC2=CCCC(C)(C)C2CC1C=NNc1nnc2c3ccccc3n(C)c2n1. The van der Waals surface area contributed by atoms with Crippen LogP contribution in [0.5, 0.6) is 0 Å². The van der Waals surface area contributed by atoms with Crippen LogP contribution in [0.1, 0.15) is 46.5 Å². The Bertz CT molecular complexity index is 1160. The number of allylic oxidation sites excluding steroid dienone is 2. The van der Waals surface area contributed by atoms with E-state index in [9.17, 15) is 0 Å². The number of anilines is 1. The molecule has 30 heavy (non-hydrogen) atoms. The average Bonchev–Trinajstić information content (AvgIpc) is 3.01. The quantitative estimate of drug-likeness (QED) is 0.366. The minimum Gasteiger partial charge on any atom is -0.327 e. The van der Waals surface area contributed by atoms with Gasteiger partial charge in [0, 0.05) is 18.6 Å². The summed E-state index contributed by atoms with van der Waals surface area (Å²) in [6.07, 6.45) is 9.43. The van der Waals surface area contributed by atoms with Crippen LogP contribution in [0, 0.1) is 23.2 Å². The highest BCUT2D eigenvalue weighted by Gasteiger charge is 2.40. The van der Waals surface area contributed by atoms with Gasteiger partial charge in [0.25, 0.3) is 5.95 Å². The van der Waals surface area contributed by atoms with Gasteiger partial charge < -0.3 is 4.57 Å².